The van der Waals surface area contributed by atoms with Gasteiger partial charge in [0.1, 0.15) is 11.6 Å². The molecule has 1 spiro atoms. The first kappa shape index (κ1) is 21.5. The minimum Gasteiger partial charge on any atom is -0.435 e. The highest BCUT2D eigenvalue weighted by atomic mass is 19.3. The number of carbonyl (C=O) groups excluding carboxylic acids is 1. The lowest BCUT2D eigenvalue weighted by molar-refractivity contribution is -0.0498. The maximum atomic E-state index is 13.4. The van der Waals surface area contributed by atoms with Crippen LogP contribution in [0, 0.1) is 5.82 Å². The number of carbonyl (C=O) groups is 1. The number of amides is 2. The monoisotopic (exact) mass is 433 g/mol. The molecule has 8 heteroatoms. The van der Waals surface area contributed by atoms with Crippen molar-refractivity contribution in [1.82, 2.24) is 15.1 Å². The molecule has 0 unspecified atom stereocenters. The molecule has 31 heavy (non-hydrogen) atoms. The predicted octanol–water partition coefficient (Wildman–Crippen LogP) is 4.03. The van der Waals surface area contributed by atoms with Gasteiger partial charge >= 0.3 is 12.6 Å². The maximum absolute atomic E-state index is 13.4. The van der Waals surface area contributed by atoms with Crippen molar-refractivity contribution in [3.63, 3.8) is 0 Å². The molecule has 0 aliphatic carbocycles. The summed E-state index contributed by atoms with van der Waals surface area (Å²) in [6, 6.07) is 12.5. The highest BCUT2D eigenvalue weighted by Crippen LogP contribution is 2.36. The second kappa shape index (κ2) is 8.78. The topological polar surface area (TPSA) is 44.8 Å². The van der Waals surface area contributed by atoms with Gasteiger partial charge in [0, 0.05) is 19.6 Å². The van der Waals surface area contributed by atoms with Crippen molar-refractivity contribution in [3.05, 3.63) is 65.5 Å². The van der Waals surface area contributed by atoms with Crippen molar-refractivity contribution >= 4 is 6.03 Å². The van der Waals surface area contributed by atoms with Crippen molar-refractivity contribution in [2.24, 2.45) is 0 Å². The number of likely N-dealkylation sites (tertiary alicyclic amines) is 1. The van der Waals surface area contributed by atoms with Crippen molar-refractivity contribution in [3.8, 4) is 5.75 Å². The Morgan fingerprint density at radius 1 is 1.06 bits per heavy atom. The molecule has 2 aromatic rings. The summed E-state index contributed by atoms with van der Waals surface area (Å²) in [6.45, 7) is -0.759. The first-order valence-corrected chi connectivity index (χ1v) is 10.4. The van der Waals surface area contributed by atoms with Gasteiger partial charge in [-0.3, -0.25) is 0 Å². The molecule has 2 aliphatic heterocycles. The van der Waals surface area contributed by atoms with Gasteiger partial charge in [-0.05, 0) is 61.7 Å². The lowest BCUT2D eigenvalue weighted by Crippen LogP contribution is -2.56. The fourth-order valence-electron chi connectivity index (χ4n) is 4.59. The molecule has 1 atom stereocenters. The fraction of sp³-hybridized carbons (Fsp3) is 0.435. The smallest absolute Gasteiger partial charge is 0.387 e. The molecule has 166 valence electrons. The number of urea groups is 1. The van der Waals surface area contributed by atoms with Gasteiger partial charge in [-0.25, -0.2) is 9.18 Å². The van der Waals surface area contributed by atoms with E-state index in [-0.39, 0.29) is 29.2 Å². The summed E-state index contributed by atoms with van der Waals surface area (Å²) >= 11 is 0. The third-order valence-corrected chi connectivity index (χ3v) is 6.35. The number of hydrogen-bond donors (Lipinski definition) is 1. The largest absolute Gasteiger partial charge is 0.435 e. The third-order valence-electron chi connectivity index (χ3n) is 6.35. The fourth-order valence-corrected chi connectivity index (χ4v) is 4.59. The van der Waals surface area contributed by atoms with Crippen LogP contribution < -0.4 is 10.1 Å². The maximum Gasteiger partial charge on any atom is 0.387 e. The van der Waals surface area contributed by atoms with Crippen molar-refractivity contribution in [2.45, 2.75) is 44.0 Å². The summed E-state index contributed by atoms with van der Waals surface area (Å²) in [5.41, 5.74) is 1.44. The van der Waals surface area contributed by atoms with E-state index in [9.17, 15) is 18.0 Å². The molecule has 5 nitrogen and oxygen atoms in total. The molecule has 2 amide bonds. The number of hydrogen-bond acceptors (Lipinski definition) is 3. The quantitative estimate of drug-likeness (QED) is 0.748. The Balaban J connectivity index is 1.57. The summed E-state index contributed by atoms with van der Waals surface area (Å²) in [7, 11) is 2.07. The van der Waals surface area contributed by atoms with Crippen LogP contribution in [0.2, 0.25) is 0 Å². The second-order valence-electron chi connectivity index (χ2n) is 8.39. The van der Waals surface area contributed by atoms with E-state index in [2.05, 4.69) is 22.0 Å². The Labute approximate surface area is 179 Å². The molecule has 0 aromatic heterocycles. The summed E-state index contributed by atoms with van der Waals surface area (Å²) < 4.78 is 42.6. The van der Waals surface area contributed by atoms with E-state index >= 15 is 0 Å². The zero-order valence-corrected chi connectivity index (χ0v) is 17.4. The Morgan fingerprint density at radius 2 is 1.68 bits per heavy atom. The predicted molar refractivity (Wildman–Crippen MR) is 111 cm³/mol. The van der Waals surface area contributed by atoms with Crippen LogP contribution in [0.15, 0.2) is 48.5 Å². The number of piperidine rings is 1. The Bertz CT molecular complexity index is 897. The molecular formula is C23H26F3N3O2. The normalized spacial score (nSPS) is 21.0. The van der Waals surface area contributed by atoms with Gasteiger partial charge in [0.2, 0.25) is 0 Å². The standard InChI is InChI=1S/C23H26F3N3O2/c1-28-12-10-23(11-13-28)20(14-16-2-6-18(24)7-3-16)29(22(30)27-23)15-17-4-8-19(9-5-17)31-21(25)26/h2-9,20-21H,10-15H2,1H3,(H,27,30)/t20-/m0/s1. The van der Waals surface area contributed by atoms with E-state index in [0.29, 0.717) is 13.0 Å². The highest BCUT2D eigenvalue weighted by molar-refractivity contribution is 5.79. The summed E-state index contributed by atoms with van der Waals surface area (Å²) in [5, 5.41) is 3.24. The van der Waals surface area contributed by atoms with Gasteiger partial charge in [-0.2, -0.15) is 8.78 Å². The summed E-state index contributed by atoms with van der Waals surface area (Å²) in [5.74, 6) is -0.208. The molecule has 2 aromatic carbocycles. The van der Waals surface area contributed by atoms with Crippen LogP contribution in [0.25, 0.3) is 0 Å². The summed E-state index contributed by atoms with van der Waals surface area (Å²) in [4.78, 5) is 17.1. The van der Waals surface area contributed by atoms with Gasteiger partial charge in [-0.1, -0.05) is 24.3 Å². The summed E-state index contributed by atoms with van der Waals surface area (Å²) in [6.07, 6.45) is 2.27. The van der Waals surface area contributed by atoms with Crippen molar-refractivity contribution < 1.29 is 22.7 Å². The molecule has 4 rings (SSSR count). The highest BCUT2D eigenvalue weighted by Gasteiger charge is 2.51. The van der Waals surface area contributed by atoms with Gasteiger partial charge in [0.25, 0.3) is 0 Å². The first-order valence-electron chi connectivity index (χ1n) is 10.4. The minimum absolute atomic E-state index is 0.0827. The van der Waals surface area contributed by atoms with E-state index in [1.165, 1.54) is 24.3 Å². The molecule has 2 aliphatic rings. The number of halogens is 3. The number of nitrogens with one attached hydrogen (secondary N) is 1. The van der Waals surface area contributed by atoms with E-state index in [1.54, 1.807) is 24.3 Å². The lowest BCUT2D eigenvalue weighted by atomic mass is 9.79. The Morgan fingerprint density at radius 3 is 2.29 bits per heavy atom. The zero-order chi connectivity index (χ0) is 22.0. The number of rotatable bonds is 6. The SMILES string of the molecule is CN1CCC2(CC1)NC(=O)N(Cc1ccc(OC(F)F)cc1)[C@H]2Cc1ccc(F)cc1. The van der Waals surface area contributed by atoms with E-state index in [1.807, 2.05) is 4.90 Å². The molecule has 2 fully saturated rings. The zero-order valence-electron chi connectivity index (χ0n) is 17.4. The van der Waals surface area contributed by atoms with Crippen LogP contribution in [0.5, 0.6) is 5.75 Å². The molecule has 0 saturated carbocycles. The third kappa shape index (κ3) is 4.79. The molecule has 2 saturated heterocycles. The van der Waals surface area contributed by atoms with Gasteiger partial charge in [0.05, 0.1) is 11.6 Å². The molecular weight excluding hydrogens is 407 g/mol. The van der Waals surface area contributed by atoms with Crippen LogP contribution in [-0.2, 0) is 13.0 Å². The van der Waals surface area contributed by atoms with Gasteiger partial charge < -0.3 is 19.9 Å². The Hall–Kier alpha value is -2.74. The molecule has 0 radical (unpaired) electrons. The van der Waals surface area contributed by atoms with Gasteiger partial charge in [-0.15, -0.1) is 0 Å². The second-order valence-corrected chi connectivity index (χ2v) is 8.39. The van der Waals surface area contributed by atoms with Crippen LogP contribution in [0.4, 0.5) is 18.0 Å². The number of ether oxygens (including phenoxy) is 1. The average Bonchev–Trinajstić information content (AvgIpc) is 2.98. The van der Waals surface area contributed by atoms with Crippen LogP contribution in [0.3, 0.4) is 0 Å². The first-order chi connectivity index (χ1) is 14.8. The lowest BCUT2D eigenvalue weighted by Gasteiger charge is -2.42. The van der Waals surface area contributed by atoms with E-state index in [0.717, 1.165) is 37.1 Å². The minimum atomic E-state index is -2.88. The number of nitrogens with zero attached hydrogens (tertiary/aromatic N) is 2. The molecule has 1 N–H and O–H groups in total. The van der Waals surface area contributed by atoms with E-state index < -0.39 is 6.61 Å². The Kier molecular flexibility index (Phi) is 6.09. The molecule has 2 heterocycles. The van der Waals surface area contributed by atoms with Gasteiger partial charge in [0.15, 0.2) is 0 Å². The van der Waals surface area contributed by atoms with Crippen LogP contribution in [0.1, 0.15) is 24.0 Å². The molecule has 0 bridgehead atoms. The van der Waals surface area contributed by atoms with Crippen molar-refractivity contribution in [1.29, 1.82) is 0 Å². The number of benzene rings is 2. The van der Waals surface area contributed by atoms with Crippen LogP contribution in [-0.4, -0.2) is 54.2 Å². The van der Waals surface area contributed by atoms with E-state index in [4.69, 9.17) is 0 Å². The number of alkyl halides is 2. The average molecular weight is 433 g/mol. The van der Waals surface area contributed by atoms with Crippen molar-refractivity contribution in [2.75, 3.05) is 20.1 Å². The van der Waals surface area contributed by atoms with Crippen LogP contribution >= 0.6 is 0 Å².